The third kappa shape index (κ3) is 3.54. The molecule has 6 rings (SSSR count). The number of ketones is 1. The fourth-order valence-electron chi connectivity index (χ4n) is 4.35. The van der Waals surface area contributed by atoms with E-state index in [0.29, 0.717) is 52.2 Å². The largest absolute Gasteiger partial charge is 0.507 e. The van der Waals surface area contributed by atoms with Crippen molar-refractivity contribution in [3.63, 3.8) is 0 Å². The summed E-state index contributed by atoms with van der Waals surface area (Å²) in [5.74, 6) is -0.252. The summed E-state index contributed by atoms with van der Waals surface area (Å²) < 4.78 is 17.3. The molecule has 9 nitrogen and oxygen atoms in total. The van der Waals surface area contributed by atoms with Crippen molar-refractivity contribution in [2.75, 3.05) is 25.2 Å². The van der Waals surface area contributed by atoms with Gasteiger partial charge in [0.1, 0.15) is 24.7 Å². The van der Waals surface area contributed by atoms with Crippen LogP contribution < -0.4 is 19.1 Å². The Morgan fingerprint density at radius 2 is 1.94 bits per heavy atom. The van der Waals surface area contributed by atoms with Gasteiger partial charge in [0.05, 0.1) is 28.9 Å². The lowest BCUT2D eigenvalue weighted by Crippen LogP contribution is -2.29. The lowest BCUT2D eigenvalue weighted by atomic mass is 9.96. The monoisotopic (exact) mass is 501 g/mol. The first kappa shape index (κ1) is 22.1. The van der Waals surface area contributed by atoms with Crippen LogP contribution in [0.4, 0.5) is 5.13 Å². The Hall–Kier alpha value is -4.44. The number of nitrogens with zero attached hydrogens (tertiary/aromatic N) is 3. The van der Waals surface area contributed by atoms with Crippen molar-refractivity contribution in [3.8, 4) is 17.2 Å². The Morgan fingerprint density at radius 3 is 2.72 bits per heavy atom. The molecule has 0 unspecified atom stereocenters. The highest BCUT2D eigenvalue weighted by Gasteiger charge is 2.48. The molecule has 1 N–H and O–H groups in total. The molecule has 0 bridgehead atoms. The zero-order chi connectivity index (χ0) is 24.8. The molecule has 36 heavy (non-hydrogen) atoms. The number of pyridine rings is 1. The second kappa shape index (κ2) is 8.65. The zero-order valence-electron chi connectivity index (χ0n) is 19.0. The van der Waals surface area contributed by atoms with Gasteiger partial charge in [-0.1, -0.05) is 17.4 Å². The van der Waals surface area contributed by atoms with Crippen molar-refractivity contribution in [2.24, 2.45) is 0 Å². The summed E-state index contributed by atoms with van der Waals surface area (Å²) in [5.41, 5.74) is 1.50. The fourth-order valence-corrected chi connectivity index (χ4v) is 5.37. The van der Waals surface area contributed by atoms with Crippen LogP contribution in [-0.4, -0.2) is 47.1 Å². The van der Waals surface area contributed by atoms with E-state index in [9.17, 15) is 14.7 Å². The van der Waals surface area contributed by atoms with E-state index in [2.05, 4.69) is 9.97 Å². The topological polar surface area (TPSA) is 111 Å². The molecule has 0 radical (unpaired) electrons. The second-order valence-corrected chi connectivity index (χ2v) is 9.15. The number of methoxy groups -OCH3 is 1. The number of hydrogen-bond acceptors (Lipinski definition) is 9. The maximum Gasteiger partial charge on any atom is 0.301 e. The standard InChI is InChI=1S/C26H19N3O6S/c1-33-16-5-6-17-20(12-16)36-26(28-17)29-22(15-3-2-8-27-13-15)21(24(31)25(29)32)23(30)14-4-7-18-19(11-14)35-10-9-34-18/h2-8,11-13,22,30H,9-10H2,1H3/b23-21+/t22-/m1/s1. The number of fused-ring (bicyclic) bond motifs is 2. The maximum atomic E-state index is 13.4. The number of aromatic nitrogens is 2. The van der Waals surface area contributed by atoms with Crippen LogP contribution in [0, 0.1) is 0 Å². The van der Waals surface area contributed by atoms with Gasteiger partial charge in [-0.25, -0.2) is 4.98 Å². The first-order chi connectivity index (χ1) is 17.5. The van der Waals surface area contributed by atoms with E-state index in [4.69, 9.17) is 14.2 Å². The van der Waals surface area contributed by atoms with E-state index in [0.717, 1.165) is 4.70 Å². The number of thiazole rings is 1. The van der Waals surface area contributed by atoms with Gasteiger partial charge in [0, 0.05) is 18.0 Å². The smallest absolute Gasteiger partial charge is 0.301 e. The van der Waals surface area contributed by atoms with Crippen LogP contribution >= 0.6 is 11.3 Å². The van der Waals surface area contributed by atoms with Crippen molar-refractivity contribution < 1.29 is 28.9 Å². The predicted octanol–water partition coefficient (Wildman–Crippen LogP) is 4.10. The normalized spacial score (nSPS) is 18.6. The van der Waals surface area contributed by atoms with Crippen molar-refractivity contribution in [1.82, 2.24) is 9.97 Å². The zero-order valence-corrected chi connectivity index (χ0v) is 19.8. The summed E-state index contributed by atoms with van der Waals surface area (Å²) in [6.45, 7) is 0.804. The number of Topliss-reactive ketones (excluding diaryl/α,β-unsaturated/α-hetero) is 1. The highest BCUT2D eigenvalue weighted by Crippen LogP contribution is 2.45. The van der Waals surface area contributed by atoms with Crippen LogP contribution in [0.3, 0.4) is 0 Å². The SMILES string of the molecule is COc1ccc2nc(N3C(=O)C(=O)/C(=C(/O)c4ccc5c(c4)OCCO5)[C@H]3c3cccnc3)sc2c1. The minimum Gasteiger partial charge on any atom is -0.507 e. The number of rotatable bonds is 4. The van der Waals surface area contributed by atoms with Crippen LogP contribution in [0.25, 0.3) is 16.0 Å². The Morgan fingerprint density at radius 1 is 1.11 bits per heavy atom. The maximum absolute atomic E-state index is 13.4. The number of anilines is 1. The van der Waals surface area contributed by atoms with Gasteiger partial charge < -0.3 is 19.3 Å². The highest BCUT2D eigenvalue weighted by atomic mass is 32.1. The average molecular weight is 502 g/mol. The molecule has 2 aliphatic rings. The van der Waals surface area contributed by atoms with E-state index in [1.54, 1.807) is 62.0 Å². The first-order valence-corrected chi connectivity index (χ1v) is 11.9. The summed E-state index contributed by atoms with van der Waals surface area (Å²) in [6, 6.07) is 12.8. The molecule has 0 aliphatic carbocycles. The molecule has 0 saturated carbocycles. The number of benzene rings is 2. The van der Waals surface area contributed by atoms with Crippen LogP contribution in [0.1, 0.15) is 17.2 Å². The van der Waals surface area contributed by atoms with Gasteiger partial charge in [0.25, 0.3) is 5.78 Å². The summed E-state index contributed by atoms with van der Waals surface area (Å²) in [6.07, 6.45) is 3.16. The lowest BCUT2D eigenvalue weighted by Gasteiger charge is -2.23. The van der Waals surface area contributed by atoms with Gasteiger partial charge in [-0.3, -0.25) is 19.5 Å². The molecule has 1 fully saturated rings. The predicted molar refractivity (Wildman–Crippen MR) is 133 cm³/mol. The Balaban J connectivity index is 1.52. The first-order valence-electron chi connectivity index (χ1n) is 11.1. The number of ether oxygens (including phenoxy) is 3. The molecule has 10 heteroatoms. The molecule has 180 valence electrons. The average Bonchev–Trinajstić information content (AvgIpc) is 3.46. The summed E-state index contributed by atoms with van der Waals surface area (Å²) in [5, 5.41) is 11.7. The number of carbonyl (C=O) groups excluding carboxylic acids is 2. The van der Waals surface area contributed by atoms with E-state index in [1.165, 1.54) is 16.2 Å². The van der Waals surface area contributed by atoms with E-state index in [1.807, 2.05) is 6.07 Å². The summed E-state index contributed by atoms with van der Waals surface area (Å²) in [4.78, 5) is 36.8. The van der Waals surface area contributed by atoms with Crippen molar-refractivity contribution >= 4 is 44.1 Å². The number of aliphatic hydroxyl groups excluding tert-OH is 1. The van der Waals surface area contributed by atoms with Crippen LogP contribution in [0.2, 0.25) is 0 Å². The van der Waals surface area contributed by atoms with Gasteiger partial charge in [0.15, 0.2) is 16.6 Å². The Labute approximate surface area is 209 Å². The van der Waals surface area contributed by atoms with Gasteiger partial charge in [-0.05, 0) is 48.0 Å². The summed E-state index contributed by atoms with van der Waals surface area (Å²) >= 11 is 1.26. The molecule has 2 aliphatic heterocycles. The third-order valence-corrected chi connectivity index (χ3v) is 7.07. The third-order valence-electron chi connectivity index (χ3n) is 6.05. The second-order valence-electron chi connectivity index (χ2n) is 8.14. The van der Waals surface area contributed by atoms with Gasteiger partial charge >= 0.3 is 5.91 Å². The molecule has 2 aromatic carbocycles. The van der Waals surface area contributed by atoms with Crippen molar-refractivity contribution in [1.29, 1.82) is 0 Å². The highest BCUT2D eigenvalue weighted by molar-refractivity contribution is 7.22. The van der Waals surface area contributed by atoms with Crippen LogP contribution in [0.5, 0.6) is 17.2 Å². The van der Waals surface area contributed by atoms with Crippen molar-refractivity contribution in [3.05, 3.63) is 77.6 Å². The van der Waals surface area contributed by atoms with Crippen LogP contribution in [-0.2, 0) is 9.59 Å². The quantitative estimate of drug-likeness (QED) is 0.253. The fraction of sp³-hybridized carbons (Fsp3) is 0.154. The number of hydrogen-bond donors (Lipinski definition) is 1. The minimum atomic E-state index is -0.922. The van der Waals surface area contributed by atoms with Gasteiger partial charge in [0.2, 0.25) is 0 Å². The molecular weight excluding hydrogens is 482 g/mol. The Kier molecular flexibility index (Phi) is 5.30. The van der Waals surface area contributed by atoms with Crippen LogP contribution in [0.15, 0.2) is 66.5 Å². The number of carbonyl (C=O) groups is 2. The number of amides is 1. The molecule has 1 saturated heterocycles. The van der Waals surface area contributed by atoms with E-state index < -0.39 is 17.7 Å². The van der Waals surface area contributed by atoms with Gasteiger partial charge in [-0.2, -0.15) is 0 Å². The molecular formula is C26H19N3O6S. The molecule has 4 aromatic rings. The van der Waals surface area contributed by atoms with Crippen molar-refractivity contribution in [2.45, 2.75) is 6.04 Å². The molecule has 1 atom stereocenters. The summed E-state index contributed by atoms with van der Waals surface area (Å²) in [7, 11) is 1.57. The molecule has 4 heterocycles. The van der Waals surface area contributed by atoms with E-state index in [-0.39, 0.29) is 11.3 Å². The molecule has 0 spiro atoms. The number of aliphatic hydroxyl groups is 1. The van der Waals surface area contributed by atoms with Gasteiger partial charge in [-0.15, -0.1) is 0 Å². The van der Waals surface area contributed by atoms with E-state index >= 15 is 0 Å². The Bertz CT molecular complexity index is 1550. The lowest BCUT2D eigenvalue weighted by molar-refractivity contribution is -0.132. The minimum absolute atomic E-state index is 0.0542. The molecule has 1 amide bonds. The molecule has 2 aromatic heterocycles.